The minimum atomic E-state index is -0.0862. The van der Waals surface area contributed by atoms with E-state index in [9.17, 15) is 9.59 Å². The summed E-state index contributed by atoms with van der Waals surface area (Å²) in [6, 6.07) is 23.5. The molecule has 0 atom stereocenters. The molecular formula is C32H37Cl2N3O3. The number of aryl methyl sites for hydroxylation is 1. The van der Waals surface area contributed by atoms with Gasteiger partial charge in [-0.3, -0.25) is 14.5 Å². The fourth-order valence-electron chi connectivity index (χ4n) is 5.10. The maximum atomic E-state index is 13.6. The molecule has 0 saturated heterocycles. The number of carbonyl (C=O) groups excluding carboxylic acids is 2. The summed E-state index contributed by atoms with van der Waals surface area (Å²) < 4.78 is 5.21. The lowest BCUT2D eigenvalue weighted by Crippen LogP contribution is -2.40. The number of anilines is 1. The molecule has 0 aromatic heterocycles. The van der Waals surface area contributed by atoms with E-state index in [0.29, 0.717) is 37.5 Å². The number of ether oxygens (including phenoxy) is 1. The molecule has 2 amide bonds. The third kappa shape index (κ3) is 8.80. The van der Waals surface area contributed by atoms with Crippen LogP contribution in [0.3, 0.4) is 0 Å². The zero-order valence-electron chi connectivity index (χ0n) is 23.0. The van der Waals surface area contributed by atoms with Crippen LogP contribution in [-0.4, -0.2) is 61.5 Å². The predicted molar refractivity (Wildman–Crippen MR) is 162 cm³/mol. The summed E-state index contributed by atoms with van der Waals surface area (Å²) in [5.41, 5.74) is 4.07. The smallest absolute Gasteiger partial charge is 0.252 e. The van der Waals surface area contributed by atoms with Gasteiger partial charge in [-0.1, -0.05) is 65.7 Å². The van der Waals surface area contributed by atoms with Crippen molar-refractivity contribution in [2.24, 2.45) is 0 Å². The van der Waals surface area contributed by atoms with Crippen LogP contribution in [0, 0.1) is 0 Å². The van der Waals surface area contributed by atoms with Crippen LogP contribution in [0.4, 0.5) is 5.69 Å². The molecule has 0 bridgehead atoms. The zero-order valence-corrected chi connectivity index (χ0v) is 24.5. The quantitative estimate of drug-likeness (QED) is 0.332. The minimum absolute atomic E-state index is 0.00651. The van der Waals surface area contributed by atoms with Crippen molar-refractivity contribution < 1.29 is 14.3 Å². The van der Waals surface area contributed by atoms with Gasteiger partial charge in [-0.05, 0) is 66.3 Å². The number of methoxy groups -OCH3 is 1. The molecule has 0 saturated carbocycles. The molecule has 1 aliphatic rings. The lowest BCUT2D eigenvalue weighted by molar-refractivity contribution is -0.131. The van der Waals surface area contributed by atoms with E-state index in [1.165, 1.54) is 12.7 Å². The van der Waals surface area contributed by atoms with E-state index in [0.717, 1.165) is 54.3 Å². The number of halogens is 2. The van der Waals surface area contributed by atoms with Crippen LogP contribution in [0.1, 0.15) is 36.0 Å². The lowest BCUT2D eigenvalue weighted by Gasteiger charge is -2.31. The number of amides is 2. The van der Waals surface area contributed by atoms with Gasteiger partial charge in [-0.15, -0.1) is 0 Å². The Morgan fingerprint density at radius 3 is 2.08 bits per heavy atom. The number of carbonyl (C=O) groups is 2. The highest BCUT2D eigenvalue weighted by Crippen LogP contribution is 2.25. The Bertz CT molecular complexity index is 1250. The number of benzene rings is 3. The molecule has 0 unspecified atom stereocenters. The Labute approximate surface area is 247 Å². The van der Waals surface area contributed by atoms with Crippen molar-refractivity contribution in [1.29, 1.82) is 0 Å². The highest BCUT2D eigenvalue weighted by molar-refractivity contribution is 6.30. The van der Waals surface area contributed by atoms with Crippen molar-refractivity contribution in [3.05, 3.63) is 99.5 Å². The molecule has 3 aromatic carbocycles. The van der Waals surface area contributed by atoms with Gasteiger partial charge in [0.2, 0.25) is 5.91 Å². The molecule has 0 spiro atoms. The standard InChI is InChI=1S/C32H37Cl2N3O3/c1-40-24-32(39)37-21-5-19-35(22-26-10-15-29(34)16-11-26)18-4-20-36(23-27-6-2-3-7-30(27)37)31(38)17-12-25-8-13-28(33)14-9-25/h2-3,6-11,13-16H,4-5,12,17-24H2,1H3. The normalized spacial score (nSPS) is 15.2. The van der Waals surface area contributed by atoms with Gasteiger partial charge in [-0.25, -0.2) is 0 Å². The number of nitrogens with zero attached hydrogens (tertiary/aromatic N) is 3. The van der Waals surface area contributed by atoms with E-state index in [1.54, 1.807) is 0 Å². The number of para-hydroxylation sites is 1. The lowest BCUT2D eigenvalue weighted by atomic mass is 10.1. The monoisotopic (exact) mass is 581 g/mol. The fraction of sp³-hybridized carbons (Fsp3) is 0.375. The second kappa shape index (κ2) is 15.2. The summed E-state index contributed by atoms with van der Waals surface area (Å²) in [4.78, 5) is 32.9. The summed E-state index contributed by atoms with van der Waals surface area (Å²) in [5, 5.41) is 1.40. The number of rotatable bonds is 7. The van der Waals surface area contributed by atoms with Gasteiger partial charge >= 0.3 is 0 Å². The van der Waals surface area contributed by atoms with Crippen molar-refractivity contribution in [1.82, 2.24) is 9.80 Å². The first-order chi connectivity index (χ1) is 19.4. The molecule has 8 heteroatoms. The zero-order chi connectivity index (χ0) is 28.3. The van der Waals surface area contributed by atoms with Crippen molar-refractivity contribution in [3.8, 4) is 0 Å². The van der Waals surface area contributed by atoms with Crippen LogP contribution in [0.5, 0.6) is 0 Å². The molecule has 0 N–H and O–H groups in total. The predicted octanol–water partition coefficient (Wildman–Crippen LogP) is 6.23. The van der Waals surface area contributed by atoms with Crippen LogP contribution in [0.25, 0.3) is 0 Å². The molecule has 6 nitrogen and oxygen atoms in total. The van der Waals surface area contributed by atoms with E-state index in [4.69, 9.17) is 27.9 Å². The number of hydrogen-bond acceptors (Lipinski definition) is 4. The van der Waals surface area contributed by atoms with E-state index >= 15 is 0 Å². The van der Waals surface area contributed by atoms with Crippen LogP contribution < -0.4 is 4.90 Å². The molecule has 0 fully saturated rings. The van der Waals surface area contributed by atoms with Gasteiger partial charge in [0.05, 0.1) is 0 Å². The molecule has 1 heterocycles. The van der Waals surface area contributed by atoms with Crippen molar-refractivity contribution >= 4 is 40.7 Å². The van der Waals surface area contributed by atoms with Gasteiger partial charge in [0, 0.05) is 68.5 Å². The molecule has 40 heavy (non-hydrogen) atoms. The summed E-state index contributed by atoms with van der Waals surface area (Å²) in [7, 11) is 1.54. The van der Waals surface area contributed by atoms with Gasteiger partial charge in [-0.2, -0.15) is 0 Å². The Morgan fingerprint density at radius 1 is 0.775 bits per heavy atom. The van der Waals surface area contributed by atoms with Crippen LogP contribution >= 0.6 is 23.2 Å². The summed E-state index contributed by atoms with van der Waals surface area (Å²) in [6.45, 7) is 4.11. The average Bonchev–Trinajstić information content (AvgIpc) is 2.95. The Balaban J connectivity index is 1.56. The molecular weight excluding hydrogens is 545 g/mol. The van der Waals surface area contributed by atoms with Gasteiger partial charge in [0.1, 0.15) is 6.61 Å². The van der Waals surface area contributed by atoms with E-state index in [-0.39, 0.29) is 18.4 Å². The molecule has 1 aliphatic heterocycles. The number of fused-ring (bicyclic) bond motifs is 1. The molecule has 212 valence electrons. The summed E-state index contributed by atoms with van der Waals surface area (Å²) in [5.74, 6) is 0.0118. The highest BCUT2D eigenvalue weighted by atomic mass is 35.5. The maximum Gasteiger partial charge on any atom is 0.252 e. The van der Waals surface area contributed by atoms with Crippen molar-refractivity contribution in [3.63, 3.8) is 0 Å². The average molecular weight is 583 g/mol. The first-order valence-electron chi connectivity index (χ1n) is 13.8. The first kappa shape index (κ1) is 30.1. The van der Waals surface area contributed by atoms with E-state index < -0.39 is 0 Å². The summed E-state index contributed by atoms with van der Waals surface area (Å²) >= 11 is 12.1. The van der Waals surface area contributed by atoms with E-state index in [2.05, 4.69) is 17.0 Å². The van der Waals surface area contributed by atoms with Gasteiger partial charge in [0.15, 0.2) is 0 Å². The van der Waals surface area contributed by atoms with E-state index in [1.807, 2.05) is 70.5 Å². The van der Waals surface area contributed by atoms with Crippen molar-refractivity contribution in [2.75, 3.05) is 44.8 Å². The third-order valence-electron chi connectivity index (χ3n) is 7.18. The molecule has 4 rings (SSSR count). The third-order valence-corrected chi connectivity index (χ3v) is 7.69. The molecule has 3 aromatic rings. The van der Waals surface area contributed by atoms with Crippen LogP contribution in [0.2, 0.25) is 10.0 Å². The molecule has 0 radical (unpaired) electrons. The summed E-state index contributed by atoms with van der Waals surface area (Å²) in [6.07, 6.45) is 2.73. The Hall–Kier alpha value is -2.90. The van der Waals surface area contributed by atoms with Gasteiger partial charge in [0.25, 0.3) is 5.91 Å². The topological polar surface area (TPSA) is 53.1 Å². The first-order valence-corrected chi connectivity index (χ1v) is 14.5. The largest absolute Gasteiger partial charge is 0.375 e. The van der Waals surface area contributed by atoms with Gasteiger partial charge < -0.3 is 14.5 Å². The Morgan fingerprint density at radius 2 is 1.40 bits per heavy atom. The van der Waals surface area contributed by atoms with Crippen LogP contribution in [0.15, 0.2) is 72.8 Å². The van der Waals surface area contributed by atoms with Crippen LogP contribution in [-0.2, 0) is 33.8 Å². The second-order valence-corrected chi connectivity index (χ2v) is 11.0. The Kier molecular flexibility index (Phi) is 11.4. The molecule has 0 aliphatic carbocycles. The fourth-order valence-corrected chi connectivity index (χ4v) is 5.35. The van der Waals surface area contributed by atoms with Crippen molar-refractivity contribution in [2.45, 2.75) is 38.8 Å². The highest BCUT2D eigenvalue weighted by Gasteiger charge is 2.23. The minimum Gasteiger partial charge on any atom is -0.375 e. The SMILES string of the molecule is COCC(=O)N1CCCN(Cc2ccc(Cl)cc2)CCCN(C(=O)CCc2ccc(Cl)cc2)Cc2ccccc21. The maximum absolute atomic E-state index is 13.6. The second-order valence-electron chi connectivity index (χ2n) is 10.2. The number of hydrogen-bond donors (Lipinski definition) is 0.